The van der Waals surface area contributed by atoms with Crippen molar-refractivity contribution in [1.82, 2.24) is 0 Å². The average Bonchev–Trinajstić information content (AvgIpc) is 2.46. The van der Waals surface area contributed by atoms with E-state index >= 15 is 0 Å². The van der Waals surface area contributed by atoms with Crippen LogP contribution in [0.25, 0.3) is 0 Å². The lowest BCUT2D eigenvalue weighted by Gasteiger charge is -2.25. The van der Waals surface area contributed by atoms with Crippen molar-refractivity contribution in [3.05, 3.63) is 47.5 Å². The van der Waals surface area contributed by atoms with Crippen LogP contribution in [-0.4, -0.2) is 0 Å². The summed E-state index contributed by atoms with van der Waals surface area (Å²) in [5.41, 5.74) is 3.13. The van der Waals surface area contributed by atoms with Gasteiger partial charge in [0.05, 0.1) is 0 Å². The number of benzene rings is 1. The summed E-state index contributed by atoms with van der Waals surface area (Å²) in [6.45, 7) is 4.65. The van der Waals surface area contributed by atoms with Gasteiger partial charge in [-0.25, -0.2) is 0 Å². The molecule has 0 radical (unpaired) electrons. The molecule has 2 rings (SSSR count). The van der Waals surface area contributed by atoms with E-state index in [9.17, 15) is 0 Å². The van der Waals surface area contributed by atoms with E-state index in [0.717, 1.165) is 5.92 Å². The molecule has 0 N–H and O–H groups in total. The summed E-state index contributed by atoms with van der Waals surface area (Å²) in [7, 11) is 0. The molecule has 1 aliphatic rings. The summed E-state index contributed by atoms with van der Waals surface area (Å²) in [6.07, 6.45) is 10.7. The largest absolute Gasteiger partial charge is 0.0844 e. The highest BCUT2D eigenvalue weighted by Crippen LogP contribution is 2.35. The van der Waals surface area contributed by atoms with Crippen molar-refractivity contribution < 1.29 is 0 Å². The van der Waals surface area contributed by atoms with Crippen LogP contribution in [0.5, 0.6) is 0 Å². The Hall–Kier alpha value is -1.04. The van der Waals surface area contributed by atoms with Crippen molar-refractivity contribution >= 4 is 0 Å². The zero-order chi connectivity index (χ0) is 12.8. The van der Waals surface area contributed by atoms with E-state index in [-0.39, 0.29) is 0 Å². The van der Waals surface area contributed by atoms with E-state index in [1.807, 2.05) is 0 Å². The molecule has 0 amide bonds. The summed E-state index contributed by atoms with van der Waals surface area (Å²) in [5.74, 6) is 1.56. The van der Waals surface area contributed by atoms with Gasteiger partial charge in [0.1, 0.15) is 0 Å². The third-order valence-corrected chi connectivity index (χ3v) is 4.38. The first-order chi connectivity index (χ1) is 8.81. The number of allylic oxidation sites excluding steroid dienone is 2. The van der Waals surface area contributed by atoms with Crippen LogP contribution in [0.4, 0.5) is 0 Å². The minimum atomic E-state index is 0.610. The van der Waals surface area contributed by atoms with Crippen molar-refractivity contribution in [2.45, 2.75) is 58.3 Å². The predicted octanol–water partition coefficient (Wildman–Crippen LogP) is 5.71. The molecule has 98 valence electrons. The number of rotatable bonds is 5. The van der Waals surface area contributed by atoms with Crippen LogP contribution < -0.4 is 0 Å². The third-order valence-electron chi connectivity index (χ3n) is 4.38. The number of unbranched alkanes of at least 4 members (excludes halogenated alkanes) is 1. The van der Waals surface area contributed by atoms with Crippen molar-refractivity contribution in [2.75, 3.05) is 0 Å². The molecule has 0 heterocycles. The van der Waals surface area contributed by atoms with Crippen molar-refractivity contribution in [1.29, 1.82) is 0 Å². The Bertz CT molecular complexity index is 374. The molecule has 0 aliphatic heterocycles. The van der Waals surface area contributed by atoms with Crippen LogP contribution in [0.15, 0.2) is 42.0 Å². The molecule has 0 aromatic heterocycles. The molecular formula is C18H26. The van der Waals surface area contributed by atoms with Gasteiger partial charge in [-0.3, -0.25) is 0 Å². The van der Waals surface area contributed by atoms with E-state index in [4.69, 9.17) is 0 Å². The molecule has 1 aliphatic carbocycles. The van der Waals surface area contributed by atoms with E-state index in [1.165, 1.54) is 44.1 Å². The Morgan fingerprint density at radius 1 is 1.22 bits per heavy atom. The van der Waals surface area contributed by atoms with Gasteiger partial charge in [0, 0.05) is 5.92 Å². The highest BCUT2D eigenvalue weighted by Gasteiger charge is 2.18. The molecule has 0 saturated carbocycles. The summed E-state index contributed by atoms with van der Waals surface area (Å²) >= 11 is 0. The van der Waals surface area contributed by atoms with Crippen molar-refractivity contribution in [3.8, 4) is 0 Å². The lowest BCUT2D eigenvalue weighted by Crippen LogP contribution is -2.09. The summed E-state index contributed by atoms with van der Waals surface area (Å²) in [5, 5.41) is 0. The maximum Gasteiger partial charge on any atom is 0.00198 e. The number of hydrogen-bond acceptors (Lipinski definition) is 0. The summed E-state index contributed by atoms with van der Waals surface area (Å²) in [4.78, 5) is 0. The van der Waals surface area contributed by atoms with Crippen LogP contribution in [-0.2, 0) is 0 Å². The first-order valence-corrected chi connectivity index (χ1v) is 7.55. The van der Waals surface area contributed by atoms with Crippen LogP contribution in [0.2, 0.25) is 0 Å². The molecule has 1 aromatic rings. The van der Waals surface area contributed by atoms with Gasteiger partial charge in [0.15, 0.2) is 0 Å². The molecule has 0 nitrogen and oxygen atoms in total. The molecule has 0 heteroatoms. The predicted molar refractivity (Wildman–Crippen MR) is 79.8 cm³/mol. The second-order valence-corrected chi connectivity index (χ2v) is 5.69. The lowest BCUT2D eigenvalue weighted by molar-refractivity contribution is 0.416. The van der Waals surface area contributed by atoms with Gasteiger partial charge in [-0.2, -0.15) is 0 Å². The summed E-state index contributed by atoms with van der Waals surface area (Å²) in [6, 6.07) is 10.9. The second kappa shape index (κ2) is 6.78. The standard InChI is InChI=1S/C18H26/c1-3-4-8-16-11-13-18(14-12-16)15(2)17-9-6-5-7-10-17/h5-7,9-10,13,15-16H,3-4,8,11-12,14H2,1-2H3. The van der Waals surface area contributed by atoms with E-state index in [2.05, 4.69) is 50.3 Å². The van der Waals surface area contributed by atoms with Gasteiger partial charge in [0.2, 0.25) is 0 Å². The second-order valence-electron chi connectivity index (χ2n) is 5.69. The smallest absolute Gasteiger partial charge is 0.00198 e. The van der Waals surface area contributed by atoms with Crippen molar-refractivity contribution in [2.24, 2.45) is 5.92 Å². The fourth-order valence-electron chi connectivity index (χ4n) is 3.01. The van der Waals surface area contributed by atoms with Gasteiger partial charge in [0.25, 0.3) is 0 Å². The molecule has 0 saturated heterocycles. The monoisotopic (exact) mass is 242 g/mol. The Morgan fingerprint density at radius 2 is 2.00 bits per heavy atom. The molecule has 2 atom stereocenters. The molecule has 0 fully saturated rings. The first-order valence-electron chi connectivity index (χ1n) is 7.55. The molecule has 18 heavy (non-hydrogen) atoms. The van der Waals surface area contributed by atoms with Gasteiger partial charge in [-0.05, 0) is 30.7 Å². The minimum absolute atomic E-state index is 0.610. The third kappa shape index (κ3) is 3.48. The molecular weight excluding hydrogens is 216 g/mol. The normalized spacial score (nSPS) is 21.4. The Kier molecular flexibility index (Phi) is 5.04. The Balaban J connectivity index is 1.93. The Morgan fingerprint density at radius 3 is 2.61 bits per heavy atom. The van der Waals surface area contributed by atoms with E-state index in [0.29, 0.717) is 5.92 Å². The summed E-state index contributed by atoms with van der Waals surface area (Å²) < 4.78 is 0. The van der Waals surface area contributed by atoms with E-state index in [1.54, 1.807) is 5.57 Å². The number of hydrogen-bond donors (Lipinski definition) is 0. The maximum atomic E-state index is 2.53. The van der Waals surface area contributed by atoms with Crippen LogP contribution in [0, 0.1) is 5.92 Å². The molecule has 2 unspecified atom stereocenters. The minimum Gasteiger partial charge on any atom is -0.0844 e. The van der Waals surface area contributed by atoms with Gasteiger partial charge in [-0.1, -0.05) is 75.1 Å². The Labute approximate surface area is 112 Å². The highest BCUT2D eigenvalue weighted by molar-refractivity contribution is 5.28. The topological polar surface area (TPSA) is 0 Å². The van der Waals surface area contributed by atoms with E-state index < -0.39 is 0 Å². The zero-order valence-corrected chi connectivity index (χ0v) is 11.9. The maximum absolute atomic E-state index is 2.53. The van der Waals surface area contributed by atoms with Crippen LogP contribution in [0.3, 0.4) is 0 Å². The molecule has 1 aromatic carbocycles. The molecule has 0 spiro atoms. The average molecular weight is 242 g/mol. The van der Waals surface area contributed by atoms with Crippen LogP contribution in [0.1, 0.15) is 63.9 Å². The fourth-order valence-corrected chi connectivity index (χ4v) is 3.01. The van der Waals surface area contributed by atoms with Crippen LogP contribution >= 0.6 is 0 Å². The fraction of sp³-hybridized carbons (Fsp3) is 0.556. The van der Waals surface area contributed by atoms with Gasteiger partial charge >= 0.3 is 0 Å². The molecule has 0 bridgehead atoms. The first kappa shape index (κ1) is 13.4. The van der Waals surface area contributed by atoms with Gasteiger partial charge < -0.3 is 0 Å². The quantitative estimate of drug-likeness (QED) is 0.580. The highest BCUT2D eigenvalue weighted by atomic mass is 14.2. The zero-order valence-electron chi connectivity index (χ0n) is 11.9. The SMILES string of the molecule is CCCCC1CC=C(C(C)c2ccccc2)CC1. The van der Waals surface area contributed by atoms with Crippen molar-refractivity contribution in [3.63, 3.8) is 0 Å². The lowest BCUT2D eigenvalue weighted by atomic mass is 9.80. The van der Waals surface area contributed by atoms with Gasteiger partial charge in [-0.15, -0.1) is 0 Å².